The van der Waals surface area contributed by atoms with E-state index in [9.17, 15) is 9.90 Å². The van der Waals surface area contributed by atoms with Crippen molar-refractivity contribution in [2.24, 2.45) is 0 Å². The van der Waals surface area contributed by atoms with Crippen LogP contribution in [-0.2, 0) is 4.74 Å². The maximum atomic E-state index is 11.5. The molecule has 0 aromatic carbocycles. The summed E-state index contributed by atoms with van der Waals surface area (Å²) in [5.41, 5.74) is -0.0598. The number of ether oxygens (including phenoxy) is 1. The number of aliphatic hydroxyl groups is 1. The van der Waals surface area contributed by atoms with Gasteiger partial charge >= 0.3 is 6.09 Å². The Bertz CT molecular complexity index is 363. The highest BCUT2D eigenvalue weighted by atomic mass is 16.6. The molecule has 0 fully saturated rings. The van der Waals surface area contributed by atoms with Gasteiger partial charge in [-0.15, -0.1) is 0 Å². The average Bonchev–Trinajstić information content (AvgIpc) is 2.13. The predicted octanol–water partition coefficient (Wildman–Crippen LogP) is 1.48. The van der Waals surface area contributed by atoms with E-state index in [1.165, 1.54) is 6.08 Å². The molecule has 2 atom stereocenters. The molecule has 0 aliphatic heterocycles. The fourth-order valence-electron chi connectivity index (χ4n) is 1.68. The van der Waals surface area contributed by atoms with E-state index in [1.54, 1.807) is 20.8 Å². The van der Waals surface area contributed by atoms with Crippen LogP contribution in [-0.4, -0.2) is 28.9 Å². The molecule has 0 spiro atoms. The van der Waals surface area contributed by atoms with Crippen LogP contribution in [0.25, 0.3) is 0 Å². The fourth-order valence-corrected chi connectivity index (χ4v) is 1.68. The number of hydrogen-bond acceptors (Lipinski definition) is 4. The highest BCUT2D eigenvalue weighted by Gasteiger charge is 2.24. The molecule has 17 heavy (non-hydrogen) atoms. The van der Waals surface area contributed by atoms with Crippen molar-refractivity contribution in [3.8, 4) is 6.07 Å². The molecule has 1 aliphatic carbocycles. The van der Waals surface area contributed by atoms with E-state index in [2.05, 4.69) is 5.32 Å². The third-order valence-corrected chi connectivity index (χ3v) is 2.25. The van der Waals surface area contributed by atoms with Crippen molar-refractivity contribution in [3.05, 3.63) is 11.6 Å². The van der Waals surface area contributed by atoms with Crippen LogP contribution < -0.4 is 5.32 Å². The second-order valence-electron chi connectivity index (χ2n) is 5.15. The third-order valence-electron chi connectivity index (χ3n) is 2.25. The molecular formula is C12H18N2O3. The number of rotatable bonds is 1. The number of amides is 1. The molecule has 94 valence electrons. The zero-order chi connectivity index (χ0) is 13.1. The number of carbonyl (C=O) groups is 1. The number of alkyl carbamates (subject to hydrolysis) is 1. The first kappa shape index (κ1) is 13.5. The number of nitrogens with one attached hydrogen (secondary N) is 1. The van der Waals surface area contributed by atoms with Crippen molar-refractivity contribution in [2.75, 3.05) is 0 Å². The van der Waals surface area contributed by atoms with Gasteiger partial charge in [-0.2, -0.15) is 5.26 Å². The summed E-state index contributed by atoms with van der Waals surface area (Å²) in [4.78, 5) is 11.5. The third kappa shape index (κ3) is 4.87. The Labute approximate surface area is 101 Å². The van der Waals surface area contributed by atoms with Gasteiger partial charge in [-0.3, -0.25) is 0 Å². The van der Waals surface area contributed by atoms with Gasteiger partial charge in [0.1, 0.15) is 5.60 Å². The molecular weight excluding hydrogens is 220 g/mol. The van der Waals surface area contributed by atoms with Crippen molar-refractivity contribution < 1.29 is 14.6 Å². The van der Waals surface area contributed by atoms with Crippen molar-refractivity contribution >= 4 is 6.09 Å². The maximum Gasteiger partial charge on any atom is 0.407 e. The van der Waals surface area contributed by atoms with E-state index in [4.69, 9.17) is 10.00 Å². The molecule has 0 bridgehead atoms. The number of aliphatic hydroxyl groups excluding tert-OH is 1. The molecule has 0 radical (unpaired) electrons. The summed E-state index contributed by atoms with van der Waals surface area (Å²) in [6.45, 7) is 5.34. The first-order chi connectivity index (χ1) is 7.80. The zero-order valence-electron chi connectivity index (χ0n) is 10.4. The lowest BCUT2D eigenvalue weighted by atomic mass is 9.94. The number of nitrogens with zero attached hydrogens (tertiary/aromatic N) is 1. The lowest BCUT2D eigenvalue weighted by Crippen LogP contribution is -2.42. The van der Waals surface area contributed by atoms with E-state index in [1.807, 2.05) is 6.07 Å². The van der Waals surface area contributed by atoms with Crippen LogP contribution >= 0.6 is 0 Å². The Morgan fingerprint density at radius 3 is 2.82 bits per heavy atom. The van der Waals surface area contributed by atoms with Crippen LogP contribution in [0.5, 0.6) is 0 Å². The van der Waals surface area contributed by atoms with Crippen LogP contribution in [0.3, 0.4) is 0 Å². The van der Waals surface area contributed by atoms with Crippen molar-refractivity contribution in [1.29, 1.82) is 5.26 Å². The number of hydrogen-bond donors (Lipinski definition) is 2. The molecule has 0 aromatic heterocycles. The van der Waals surface area contributed by atoms with Gasteiger partial charge in [0, 0.05) is 18.0 Å². The zero-order valence-corrected chi connectivity index (χ0v) is 10.4. The summed E-state index contributed by atoms with van der Waals surface area (Å²) >= 11 is 0. The van der Waals surface area contributed by atoms with Gasteiger partial charge in [-0.1, -0.05) is 0 Å². The van der Waals surface area contributed by atoms with Crippen LogP contribution in [0.2, 0.25) is 0 Å². The Morgan fingerprint density at radius 1 is 1.65 bits per heavy atom. The lowest BCUT2D eigenvalue weighted by Gasteiger charge is -2.26. The van der Waals surface area contributed by atoms with Crippen LogP contribution in [0.1, 0.15) is 33.6 Å². The highest BCUT2D eigenvalue weighted by Crippen LogP contribution is 2.18. The maximum absolute atomic E-state index is 11.5. The van der Waals surface area contributed by atoms with Crippen LogP contribution in [0.4, 0.5) is 4.79 Å². The fraction of sp³-hybridized carbons (Fsp3) is 0.667. The number of carbonyl (C=O) groups excluding carboxylic acids is 1. The molecule has 0 unspecified atom stereocenters. The normalized spacial score (nSPS) is 24.5. The SMILES string of the molecule is CC(C)(C)OC(=O)N[C@H]1CC(C#N)=C[C@@H](O)C1. The van der Waals surface area contributed by atoms with Crippen LogP contribution in [0.15, 0.2) is 11.6 Å². The monoisotopic (exact) mass is 238 g/mol. The first-order valence-corrected chi connectivity index (χ1v) is 5.58. The molecule has 1 aliphatic rings. The molecule has 0 heterocycles. The van der Waals surface area contributed by atoms with Gasteiger partial charge in [0.15, 0.2) is 0 Å². The van der Waals surface area contributed by atoms with Crippen molar-refractivity contribution in [1.82, 2.24) is 5.32 Å². The van der Waals surface area contributed by atoms with Gasteiger partial charge in [-0.05, 0) is 33.3 Å². The van der Waals surface area contributed by atoms with E-state index in [-0.39, 0.29) is 6.04 Å². The van der Waals surface area contributed by atoms with Gasteiger partial charge in [0.05, 0.1) is 12.2 Å². The molecule has 5 heteroatoms. The topological polar surface area (TPSA) is 82.3 Å². The Balaban J connectivity index is 2.52. The Hall–Kier alpha value is -1.54. The summed E-state index contributed by atoms with van der Waals surface area (Å²) in [6, 6.07) is 1.74. The Morgan fingerprint density at radius 2 is 2.29 bits per heavy atom. The first-order valence-electron chi connectivity index (χ1n) is 5.58. The van der Waals surface area contributed by atoms with E-state index >= 15 is 0 Å². The van der Waals surface area contributed by atoms with Crippen molar-refractivity contribution in [3.63, 3.8) is 0 Å². The largest absolute Gasteiger partial charge is 0.444 e. The average molecular weight is 238 g/mol. The van der Waals surface area contributed by atoms with Gasteiger partial charge in [0.25, 0.3) is 0 Å². The Kier molecular flexibility index (Phi) is 4.13. The molecule has 0 saturated carbocycles. The summed E-state index contributed by atoms with van der Waals surface area (Å²) in [5.74, 6) is 0. The number of nitriles is 1. The molecule has 0 aromatic rings. The minimum atomic E-state index is -0.682. The van der Waals surface area contributed by atoms with Crippen molar-refractivity contribution in [2.45, 2.75) is 51.4 Å². The molecule has 2 N–H and O–H groups in total. The molecule has 1 amide bonds. The summed E-state index contributed by atoms with van der Waals surface area (Å²) < 4.78 is 5.11. The summed E-state index contributed by atoms with van der Waals surface area (Å²) in [6.07, 6.45) is 1.16. The lowest BCUT2D eigenvalue weighted by molar-refractivity contribution is 0.0487. The van der Waals surface area contributed by atoms with E-state index in [0.717, 1.165) is 0 Å². The minimum Gasteiger partial charge on any atom is -0.444 e. The van der Waals surface area contributed by atoms with E-state index < -0.39 is 17.8 Å². The summed E-state index contributed by atoms with van der Waals surface area (Å²) in [7, 11) is 0. The molecule has 0 saturated heterocycles. The van der Waals surface area contributed by atoms with Gasteiger partial charge < -0.3 is 15.2 Å². The second-order valence-corrected chi connectivity index (χ2v) is 5.15. The summed E-state index contributed by atoms with van der Waals surface area (Å²) in [5, 5.41) is 20.9. The van der Waals surface area contributed by atoms with Gasteiger partial charge in [0.2, 0.25) is 0 Å². The van der Waals surface area contributed by atoms with Crippen LogP contribution in [0, 0.1) is 11.3 Å². The van der Waals surface area contributed by atoms with Gasteiger partial charge in [-0.25, -0.2) is 4.79 Å². The minimum absolute atomic E-state index is 0.250. The quantitative estimate of drug-likeness (QED) is 0.725. The molecule has 1 rings (SSSR count). The molecule has 5 nitrogen and oxygen atoms in total. The standard InChI is InChI=1S/C12H18N2O3/c1-12(2,3)17-11(16)14-9-4-8(7-13)5-10(15)6-9/h5,9-10,15H,4,6H2,1-3H3,(H,14,16)/t9-,10+/m0/s1. The smallest absolute Gasteiger partial charge is 0.407 e. The highest BCUT2D eigenvalue weighted by molar-refractivity contribution is 5.68. The second kappa shape index (κ2) is 5.19. The van der Waals surface area contributed by atoms with E-state index in [0.29, 0.717) is 18.4 Å². The predicted molar refractivity (Wildman–Crippen MR) is 62.1 cm³/mol.